The number of nitrogen functional groups attached to an aromatic ring is 1. The molecule has 0 radical (unpaired) electrons. The summed E-state index contributed by atoms with van der Waals surface area (Å²) in [6.45, 7) is 1.95. The molecule has 3 aromatic rings. The summed E-state index contributed by atoms with van der Waals surface area (Å²) in [5, 5.41) is 9.01. The Hall–Kier alpha value is -2.97. The smallest absolute Gasteiger partial charge is 0.138 e. The molecule has 2 aromatic carbocycles. The van der Waals surface area contributed by atoms with Gasteiger partial charge in [-0.05, 0) is 65.9 Å². The minimum atomic E-state index is 0.493. The SMILES string of the molecule is Cc1cc(-c2ccc(SNc3cccc(N)n3)cc2)ccc1C#N. The largest absolute Gasteiger partial charge is 0.384 e. The number of nitrogens with one attached hydrogen (secondary N) is 1. The van der Waals surface area contributed by atoms with Crippen LogP contribution in [0.4, 0.5) is 11.6 Å². The zero-order valence-electron chi connectivity index (χ0n) is 13.2. The Kier molecular flexibility index (Phi) is 4.69. The van der Waals surface area contributed by atoms with Gasteiger partial charge in [0.05, 0.1) is 11.6 Å². The molecular formula is C19H16N4S. The maximum Gasteiger partial charge on any atom is 0.138 e. The van der Waals surface area contributed by atoms with Crippen LogP contribution >= 0.6 is 11.9 Å². The van der Waals surface area contributed by atoms with Crippen LogP contribution < -0.4 is 10.5 Å². The van der Waals surface area contributed by atoms with E-state index < -0.39 is 0 Å². The van der Waals surface area contributed by atoms with E-state index in [-0.39, 0.29) is 0 Å². The molecule has 118 valence electrons. The Morgan fingerprint density at radius 1 is 1.04 bits per heavy atom. The number of hydrogen-bond donors (Lipinski definition) is 2. The molecule has 0 atom stereocenters. The second-order valence-electron chi connectivity index (χ2n) is 5.32. The van der Waals surface area contributed by atoms with Gasteiger partial charge in [-0.25, -0.2) is 4.98 Å². The minimum Gasteiger partial charge on any atom is -0.384 e. The fraction of sp³-hybridized carbons (Fsp3) is 0.0526. The molecule has 1 aromatic heterocycles. The molecule has 0 spiro atoms. The first-order valence-electron chi connectivity index (χ1n) is 7.42. The lowest BCUT2D eigenvalue weighted by Gasteiger charge is -2.07. The average Bonchev–Trinajstić information content (AvgIpc) is 2.60. The van der Waals surface area contributed by atoms with Crippen LogP contribution in [0.5, 0.6) is 0 Å². The van der Waals surface area contributed by atoms with Crippen LogP contribution in [0, 0.1) is 18.3 Å². The molecule has 0 saturated heterocycles. The van der Waals surface area contributed by atoms with Gasteiger partial charge in [0.15, 0.2) is 0 Å². The highest BCUT2D eigenvalue weighted by atomic mass is 32.2. The van der Waals surface area contributed by atoms with Crippen molar-refractivity contribution in [3.05, 3.63) is 71.8 Å². The summed E-state index contributed by atoms with van der Waals surface area (Å²) < 4.78 is 3.17. The zero-order chi connectivity index (χ0) is 16.9. The molecule has 0 unspecified atom stereocenters. The van der Waals surface area contributed by atoms with Crippen molar-refractivity contribution in [3.8, 4) is 17.2 Å². The summed E-state index contributed by atoms with van der Waals surface area (Å²) in [4.78, 5) is 5.28. The van der Waals surface area contributed by atoms with Gasteiger partial charge in [0.25, 0.3) is 0 Å². The van der Waals surface area contributed by atoms with Crippen molar-refractivity contribution in [1.29, 1.82) is 5.26 Å². The maximum atomic E-state index is 9.01. The summed E-state index contributed by atoms with van der Waals surface area (Å²) in [6.07, 6.45) is 0. The number of aryl methyl sites for hydroxylation is 1. The van der Waals surface area contributed by atoms with E-state index >= 15 is 0 Å². The molecule has 0 aliphatic carbocycles. The standard InChI is InChI=1S/C19H16N4S/c1-13-11-15(5-6-16(13)12-20)14-7-9-17(10-8-14)24-23-19-4-2-3-18(21)22-19/h2-11H,1H3,(H3,21,22,23). The van der Waals surface area contributed by atoms with Crippen molar-refractivity contribution in [2.24, 2.45) is 0 Å². The molecule has 4 nitrogen and oxygen atoms in total. The van der Waals surface area contributed by atoms with E-state index in [1.807, 2.05) is 49.4 Å². The molecule has 0 saturated carbocycles. The van der Waals surface area contributed by atoms with E-state index in [2.05, 4.69) is 27.9 Å². The first-order chi connectivity index (χ1) is 11.7. The van der Waals surface area contributed by atoms with Gasteiger partial charge in [-0.1, -0.05) is 30.3 Å². The lowest BCUT2D eigenvalue weighted by Crippen LogP contribution is -1.94. The number of rotatable bonds is 4. The molecule has 0 fully saturated rings. The Morgan fingerprint density at radius 2 is 1.79 bits per heavy atom. The number of nitrogens with zero attached hydrogens (tertiary/aromatic N) is 2. The van der Waals surface area contributed by atoms with Crippen LogP contribution in [-0.2, 0) is 0 Å². The predicted octanol–water partition coefficient (Wildman–Crippen LogP) is 4.63. The molecule has 5 heteroatoms. The van der Waals surface area contributed by atoms with Crippen molar-refractivity contribution in [1.82, 2.24) is 4.98 Å². The molecule has 0 aliphatic heterocycles. The van der Waals surface area contributed by atoms with Gasteiger partial charge in [-0.15, -0.1) is 0 Å². The van der Waals surface area contributed by atoms with Crippen molar-refractivity contribution < 1.29 is 0 Å². The fourth-order valence-electron chi connectivity index (χ4n) is 2.30. The van der Waals surface area contributed by atoms with Crippen LogP contribution in [0.3, 0.4) is 0 Å². The Morgan fingerprint density at radius 3 is 2.46 bits per heavy atom. The van der Waals surface area contributed by atoms with Gasteiger partial charge in [0, 0.05) is 4.90 Å². The molecule has 24 heavy (non-hydrogen) atoms. The lowest BCUT2D eigenvalue weighted by atomic mass is 10.0. The van der Waals surface area contributed by atoms with E-state index in [0.717, 1.165) is 27.4 Å². The van der Waals surface area contributed by atoms with Gasteiger partial charge in [-0.2, -0.15) is 5.26 Å². The second-order valence-corrected chi connectivity index (χ2v) is 6.20. The Bertz CT molecular complexity index is 898. The van der Waals surface area contributed by atoms with E-state index in [4.69, 9.17) is 11.0 Å². The van der Waals surface area contributed by atoms with Gasteiger partial charge < -0.3 is 10.5 Å². The topological polar surface area (TPSA) is 74.7 Å². The van der Waals surface area contributed by atoms with Gasteiger partial charge >= 0.3 is 0 Å². The van der Waals surface area contributed by atoms with Crippen molar-refractivity contribution in [3.63, 3.8) is 0 Å². The molecule has 3 rings (SSSR count). The van der Waals surface area contributed by atoms with Crippen LogP contribution in [0.15, 0.2) is 65.6 Å². The van der Waals surface area contributed by atoms with Crippen LogP contribution in [0.1, 0.15) is 11.1 Å². The zero-order valence-corrected chi connectivity index (χ0v) is 14.0. The van der Waals surface area contributed by atoms with E-state index in [1.54, 1.807) is 6.07 Å². The number of pyridine rings is 1. The first-order valence-corrected chi connectivity index (χ1v) is 8.24. The van der Waals surface area contributed by atoms with Crippen molar-refractivity contribution >= 4 is 23.6 Å². The quantitative estimate of drug-likeness (QED) is 0.681. The van der Waals surface area contributed by atoms with Crippen LogP contribution in [-0.4, -0.2) is 4.98 Å². The van der Waals surface area contributed by atoms with Crippen LogP contribution in [0.25, 0.3) is 11.1 Å². The monoisotopic (exact) mass is 332 g/mol. The number of nitrogens with two attached hydrogens (primary N) is 1. The average molecular weight is 332 g/mol. The Balaban J connectivity index is 1.71. The first kappa shape index (κ1) is 15.9. The summed E-state index contributed by atoms with van der Waals surface area (Å²) in [7, 11) is 0. The number of hydrogen-bond acceptors (Lipinski definition) is 5. The van der Waals surface area contributed by atoms with Gasteiger partial charge in [-0.3, -0.25) is 0 Å². The number of nitriles is 1. The third kappa shape index (κ3) is 3.67. The molecule has 3 N–H and O–H groups in total. The Labute approximate surface area is 145 Å². The second kappa shape index (κ2) is 7.07. The molecular weight excluding hydrogens is 316 g/mol. The molecule has 0 bridgehead atoms. The van der Waals surface area contributed by atoms with Gasteiger partial charge in [0.2, 0.25) is 0 Å². The molecule has 0 aliphatic rings. The number of benzene rings is 2. The summed E-state index contributed by atoms with van der Waals surface area (Å²) >= 11 is 1.48. The normalized spacial score (nSPS) is 10.2. The van der Waals surface area contributed by atoms with Crippen LogP contribution in [0.2, 0.25) is 0 Å². The summed E-state index contributed by atoms with van der Waals surface area (Å²) in [6, 6.07) is 21.8. The van der Waals surface area contributed by atoms with E-state index in [1.165, 1.54) is 11.9 Å². The van der Waals surface area contributed by atoms with E-state index in [9.17, 15) is 0 Å². The lowest BCUT2D eigenvalue weighted by molar-refractivity contribution is 1.34. The third-order valence-corrected chi connectivity index (χ3v) is 4.40. The highest BCUT2D eigenvalue weighted by molar-refractivity contribution is 8.00. The maximum absolute atomic E-state index is 9.01. The van der Waals surface area contributed by atoms with Crippen molar-refractivity contribution in [2.75, 3.05) is 10.5 Å². The van der Waals surface area contributed by atoms with Crippen molar-refractivity contribution in [2.45, 2.75) is 11.8 Å². The third-order valence-electron chi connectivity index (χ3n) is 3.58. The highest BCUT2D eigenvalue weighted by Gasteiger charge is 2.03. The number of aromatic nitrogens is 1. The minimum absolute atomic E-state index is 0.493. The number of anilines is 2. The van der Waals surface area contributed by atoms with E-state index in [0.29, 0.717) is 11.4 Å². The fourth-order valence-corrected chi connectivity index (χ4v) is 2.91. The summed E-state index contributed by atoms with van der Waals surface area (Å²) in [5.74, 6) is 1.22. The predicted molar refractivity (Wildman–Crippen MR) is 99.5 cm³/mol. The highest BCUT2D eigenvalue weighted by Crippen LogP contribution is 2.26. The molecule has 1 heterocycles. The molecule has 0 amide bonds. The summed E-state index contributed by atoms with van der Waals surface area (Å²) in [5.41, 5.74) is 9.59. The van der Waals surface area contributed by atoms with Gasteiger partial charge in [0.1, 0.15) is 11.6 Å².